The first-order valence-corrected chi connectivity index (χ1v) is 13.6. The van der Waals surface area contributed by atoms with Crippen LogP contribution in [0.3, 0.4) is 0 Å². The van der Waals surface area contributed by atoms with Gasteiger partial charge in [-0.2, -0.15) is 0 Å². The molecule has 4 rings (SSSR count). The van der Waals surface area contributed by atoms with Crippen LogP contribution in [0, 0.1) is 26.6 Å². The standard InChI is InChI=1S/C25H22P2.4CO.W/c1-5-13-22(14-6-1)26(23-15-7-2-8-16-23)21-27(24-17-9-3-10-18-24)25-19-11-4-12-20-25;4*1-2;/h1-20H,21H2;;;;;/p+2. The van der Waals surface area contributed by atoms with E-state index in [1.54, 1.807) is 0 Å². The minimum absolute atomic E-state index is 0. The molecule has 0 saturated carbocycles. The van der Waals surface area contributed by atoms with Crippen molar-refractivity contribution >= 4 is 37.1 Å². The third-order valence-electron chi connectivity index (χ3n) is 4.84. The van der Waals surface area contributed by atoms with Crippen LogP contribution in [0.4, 0.5) is 0 Å². The van der Waals surface area contributed by atoms with Crippen LogP contribution in [-0.4, -0.2) is 5.90 Å². The predicted molar refractivity (Wildman–Crippen MR) is 142 cm³/mol. The Hall–Kier alpha value is -2.61. The van der Waals surface area contributed by atoms with Gasteiger partial charge in [-0.15, -0.1) is 0 Å². The van der Waals surface area contributed by atoms with Gasteiger partial charge in [-0.05, 0) is 48.5 Å². The summed E-state index contributed by atoms with van der Waals surface area (Å²) in [5.41, 5.74) is 0. The summed E-state index contributed by atoms with van der Waals surface area (Å²) in [6, 6.07) is 44.5. The van der Waals surface area contributed by atoms with Gasteiger partial charge in [-0.25, -0.2) is 0 Å². The maximum atomic E-state index is 7.50. The SMILES string of the molecule is [C-]#[O+].[C-]#[O+].[C-]#[O+].[C-]#[O+].[W].c1ccc([PH+](C[PH+](c2ccccc2)c2ccccc2)c2ccccc2)cc1. The maximum Gasteiger partial charge on any atom is 0.174 e. The fourth-order valence-corrected chi connectivity index (χ4v) is 11.2. The Morgan fingerprint density at radius 1 is 0.361 bits per heavy atom. The van der Waals surface area contributed by atoms with Crippen molar-refractivity contribution < 1.29 is 39.7 Å². The smallest absolute Gasteiger partial charge is 0.0620 e. The zero-order valence-corrected chi connectivity index (χ0v) is 24.2. The Kier molecular flexibility index (Phi) is 23.8. The monoisotopic (exact) mass is 682 g/mol. The summed E-state index contributed by atoms with van der Waals surface area (Å²) in [5, 5.41) is 6.01. The van der Waals surface area contributed by atoms with Gasteiger partial charge in [0.1, 0.15) is 37.1 Å². The van der Waals surface area contributed by atoms with Crippen LogP contribution in [0.2, 0.25) is 0 Å². The van der Waals surface area contributed by atoms with E-state index >= 15 is 0 Å². The van der Waals surface area contributed by atoms with Gasteiger partial charge in [0.2, 0.25) is 0 Å². The zero-order valence-electron chi connectivity index (χ0n) is 19.3. The van der Waals surface area contributed by atoms with Crippen molar-refractivity contribution in [3.63, 3.8) is 0 Å². The minimum atomic E-state index is -0.847. The van der Waals surface area contributed by atoms with Crippen LogP contribution in [0.25, 0.3) is 0 Å². The molecule has 0 unspecified atom stereocenters. The first-order chi connectivity index (χ1) is 17.4. The summed E-state index contributed by atoms with van der Waals surface area (Å²) in [6.07, 6.45) is 0. The van der Waals surface area contributed by atoms with E-state index < -0.39 is 15.8 Å². The Labute approximate surface area is 229 Å². The molecule has 0 amide bonds. The van der Waals surface area contributed by atoms with Crippen LogP contribution in [0.15, 0.2) is 121 Å². The van der Waals surface area contributed by atoms with Gasteiger partial charge in [-0.3, -0.25) is 0 Å². The summed E-state index contributed by atoms with van der Waals surface area (Å²) in [6.45, 7) is 18.0. The fraction of sp³-hybridized carbons (Fsp3) is 0.0345. The van der Waals surface area contributed by atoms with Gasteiger partial charge in [-0.1, -0.05) is 72.8 Å². The van der Waals surface area contributed by atoms with Crippen molar-refractivity contribution in [1.29, 1.82) is 0 Å². The minimum Gasteiger partial charge on any atom is -0.0620 e. The first kappa shape index (κ1) is 35.5. The van der Waals surface area contributed by atoms with Gasteiger partial charge in [0.25, 0.3) is 0 Å². The largest absolute Gasteiger partial charge is 0.174 e. The van der Waals surface area contributed by atoms with Crippen molar-refractivity contribution in [3.8, 4) is 0 Å². The fourth-order valence-electron chi connectivity index (χ4n) is 3.48. The normalized spacial score (nSPS) is 8.50. The van der Waals surface area contributed by atoms with Crippen molar-refractivity contribution in [1.82, 2.24) is 0 Å². The molecule has 4 aromatic rings. The third kappa shape index (κ3) is 11.9. The van der Waals surface area contributed by atoms with E-state index in [0.717, 1.165) is 0 Å². The van der Waals surface area contributed by atoms with E-state index in [1.807, 2.05) is 0 Å². The van der Waals surface area contributed by atoms with Crippen molar-refractivity contribution in [2.24, 2.45) is 0 Å². The summed E-state index contributed by atoms with van der Waals surface area (Å²) in [5.74, 6) is 1.25. The molecule has 0 fully saturated rings. The molecule has 0 aliphatic heterocycles. The molecule has 0 aromatic heterocycles. The topological polar surface area (TPSA) is 79.6 Å². The number of rotatable bonds is 6. The van der Waals surface area contributed by atoms with Crippen molar-refractivity contribution in [2.75, 3.05) is 5.90 Å². The third-order valence-corrected chi connectivity index (χ3v) is 11.8. The van der Waals surface area contributed by atoms with Crippen molar-refractivity contribution in [3.05, 3.63) is 148 Å². The molecule has 0 bridgehead atoms. The molecule has 0 atom stereocenters. The molecule has 0 heterocycles. The van der Waals surface area contributed by atoms with Gasteiger partial charge in [0.05, 0.1) is 0 Å². The molecular weight excluding hydrogens is 658 g/mol. The second kappa shape index (κ2) is 24.1. The molecule has 4 aromatic carbocycles. The zero-order chi connectivity index (χ0) is 26.3. The molecule has 178 valence electrons. The van der Waals surface area contributed by atoms with Gasteiger partial charge in [0, 0.05) is 21.1 Å². The molecule has 0 saturated heterocycles. The molecule has 0 aliphatic carbocycles. The van der Waals surface area contributed by atoms with E-state index in [9.17, 15) is 0 Å². The Balaban J connectivity index is 0. The molecule has 7 heteroatoms. The maximum absolute atomic E-state index is 7.50. The van der Waals surface area contributed by atoms with E-state index in [2.05, 4.69) is 148 Å². The number of hydrogen-bond acceptors (Lipinski definition) is 0. The summed E-state index contributed by atoms with van der Waals surface area (Å²) in [7, 11) is -1.69. The molecule has 0 aliphatic rings. The second-order valence-corrected chi connectivity index (χ2v) is 12.2. The summed E-state index contributed by atoms with van der Waals surface area (Å²) >= 11 is 0. The number of benzene rings is 4. The molecule has 4 nitrogen and oxygen atoms in total. The van der Waals surface area contributed by atoms with Crippen molar-refractivity contribution in [2.45, 2.75) is 0 Å². The van der Waals surface area contributed by atoms with E-state index in [4.69, 9.17) is 18.6 Å². The average Bonchev–Trinajstić information content (AvgIpc) is 3.00. The quantitative estimate of drug-likeness (QED) is 0.163. The molecular formula is C29H24O4P2W+2. The molecule has 36 heavy (non-hydrogen) atoms. The van der Waals surface area contributed by atoms with E-state index in [0.29, 0.717) is 0 Å². The summed E-state index contributed by atoms with van der Waals surface area (Å²) < 4.78 is 30.0. The van der Waals surface area contributed by atoms with Crippen LogP contribution in [0.1, 0.15) is 0 Å². The van der Waals surface area contributed by atoms with Gasteiger partial charge in [0.15, 0.2) is 5.90 Å². The average molecular weight is 682 g/mol. The van der Waals surface area contributed by atoms with Gasteiger partial charge < -0.3 is 0 Å². The van der Waals surface area contributed by atoms with Crippen LogP contribution >= 0.6 is 15.8 Å². The van der Waals surface area contributed by atoms with Crippen LogP contribution in [-0.2, 0) is 39.7 Å². The van der Waals surface area contributed by atoms with Crippen LogP contribution < -0.4 is 21.2 Å². The second-order valence-electron chi connectivity index (χ2n) is 6.60. The molecule has 0 N–H and O–H groups in total. The van der Waals surface area contributed by atoms with Crippen LogP contribution in [0.5, 0.6) is 0 Å². The van der Waals surface area contributed by atoms with E-state index in [1.165, 1.54) is 27.1 Å². The Morgan fingerprint density at radius 2 is 0.528 bits per heavy atom. The Morgan fingerprint density at radius 3 is 0.694 bits per heavy atom. The summed E-state index contributed by atoms with van der Waals surface area (Å²) in [4.78, 5) is 0. The Bertz CT molecular complexity index is 950. The molecule has 0 radical (unpaired) electrons. The predicted octanol–water partition coefficient (Wildman–Crippen LogP) is 4.52. The molecule has 0 spiro atoms. The first-order valence-electron chi connectivity index (χ1n) is 10.2. The van der Waals surface area contributed by atoms with Gasteiger partial charge >= 0.3 is 45.2 Å². The number of hydrogen-bond donors (Lipinski definition) is 0. The van der Waals surface area contributed by atoms with E-state index in [-0.39, 0.29) is 21.1 Å².